The first-order valence-electron chi connectivity index (χ1n) is 5.19. The van der Waals surface area contributed by atoms with Crippen molar-refractivity contribution in [3.63, 3.8) is 0 Å². The maximum absolute atomic E-state index is 10.9. The van der Waals surface area contributed by atoms with Gasteiger partial charge in [-0.15, -0.1) is 0 Å². The molecular weight excluding hydrogens is 182 g/mol. The number of hydrogen-bond donors (Lipinski definition) is 1. The summed E-state index contributed by atoms with van der Waals surface area (Å²) in [7, 11) is 1.35. The number of carbonyl (C=O) groups excluding carboxylic acids is 1. The standard InChI is InChI=1S/C10H19NO3/c1-13-10(12)9(11)6-7-14-8-4-2-3-5-8/h8-9H,2-7,11H2,1H3. The average Bonchev–Trinajstić information content (AvgIpc) is 2.69. The quantitative estimate of drug-likeness (QED) is 0.669. The molecule has 0 spiro atoms. The lowest BCUT2D eigenvalue weighted by Gasteiger charge is -2.13. The van der Waals surface area contributed by atoms with Crippen molar-refractivity contribution in [1.29, 1.82) is 0 Å². The minimum absolute atomic E-state index is 0.361. The van der Waals surface area contributed by atoms with E-state index in [0.29, 0.717) is 19.1 Å². The van der Waals surface area contributed by atoms with E-state index < -0.39 is 6.04 Å². The van der Waals surface area contributed by atoms with Crippen LogP contribution in [0.3, 0.4) is 0 Å². The Bertz CT molecular complexity index is 178. The van der Waals surface area contributed by atoms with Crippen molar-refractivity contribution >= 4 is 5.97 Å². The highest BCUT2D eigenvalue weighted by atomic mass is 16.5. The van der Waals surface area contributed by atoms with Gasteiger partial charge in [0.25, 0.3) is 0 Å². The molecule has 0 aromatic rings. The second-order valence-electron chi connectivity index (χ2n) is 3.70. The van der Waals surface area contributed by atoms with Gasteiger partial charge in [-0.25, -0.2) is 0 Å². The minimum Gasteiger partial charge on any atom is -0.468 e. The lowest BCUT2D eigenvalue weighted by Crippen LogP contribution is -2.33. The van der Waals surface area contributed by atoms with Crippen LogP contribution in [-0.4, -0.2) is 31.8 Å². The number of methoxy groups -OCH3 is 1. The summed E-state index contributed by atoms with van der Waals surface area (Å²) in [6.07, 6.45) is 5.74. The molecule has 2 N–H and O–H groups in total. The molecule has 14 heavy (non-hydrogen) atoms. The predicted octanol–water partition coefficient (Wildman–Crippen LogP) is 0.836. The van der Waals surface area contributed by atoms with Crippen molar-refractivity contribution in [2.45, 2.75) is 44.2 Å². The second-order valence-corrected chi connectivity index (χ2v) is 3.70. The van der Waals surface area contributed by atoms with E-state index in [2.05, 4.69) is 4.74 Å². The molecule has 1 unspecified atom stereocenters. The minimum atomic E-state index is -0.540. The Labute approximate surface area is 84.7 Å². The fourth-order valence-corrected chi connectivity index (χ4v) is 1.69. The van der Waals surface area contributed by atoms with E-state index >= 15 is 0 Å². The molecule has 0 radical (unpaired) electrons. The van der Waals surface area contributed by atoms with Crippen LogP contribution >= 0.6 is 0 Å². The van der Waals surface area contributed by atoms with E-state index in [0.717, 1.165) is 12.8 Å². The Morgan fingerprint density at radius 3 is 2.71 bits per heavy atom. The van der Waals surface area contributed by atoms with Crippen LogP contribution in [0.5, 0.6) is 0 Å². The molecule has 1 aliphatic rings. The zero-order valence-corrected chi connectivity index (χ0v) is 8.70. The monoisotopic (exact) mass is 201 g/mol. The highest BCUT2D eigenvalue weighted by molar-refractivity contribution is 5.75. The second kappa shape index (κ2) is 5.98. The van der Waals surface area contributed by atoms with Gasteiger partial charge in [0.2, 0.25) is 0 Å². The summed E-state index contributed by atoms with van der Waals surface area (Å²) in [6.45, 7) is 0.556. The topological polar surface area (TPSA) is 61.5 Å². The number of ether oxygens (including phenoxy) is 2. The van der Waals surface area contributed by atoms with Gasteiger partial charge in [0.1, 0.15) is 6.04 Å². The van der Waals surface area contributed by atoms with Gasteiger partial charge in [0.05, 0.1) is 13.2 Å². The molecule has 0 aromatic heterocycles. The van der Waals surface area contributed by atoms with Crippen molar-refractivity contribution in [3.05, 3.63) is 0 Å². The van der Waals surface area contributed by atoms with Crippen molar-refractivity contribution in [2.24, 2.45) is 5.73 Å². The van der Waals surface area contributed by atoms with E-state index in [9.17, 15) is 4.79 Å². The van der Waals surface area contributed by atoms with Crippen LogP contribution in [0.15, 0.2) is 0 Å². The van der Waals surface area contributed by atoms with Gasteiger partial charge in [-0.3, -0.25) is 4.79 Å². The summed E-state index contributed by atoms with van der Waals surface area (Å²) in [5, 5.41) is 0. The third kappa shape index (κ3) is 3.64. The van der Waals surface area contributed by atoms with Crippen molar-refractivity contribution < 1.29 is 14.3 Å². The summed E-state index contributed by atoms with van der Waals surface area (Å²) in [5.41, 5.74) is 5.56. The zero-order chi connectivity index (χ0) is 10.4. The Balaban J connectivity index is 2.05. The first kappa shape index (κ1) is 11.5. The molecular formula is C10H19NO3. The molecule has 0 saturated heterocycles. The maximum atomic E-state index is 10.9. The van der Waals surface area contributed by atoms with E-state index in [4.69, 9.17) is 10.5 Å². The molecule has 0 aromatic carbocycles. The van der Waals surface area contributed by atoms with Crippen molar-refractivity contribution in [2.75, 3.05) is 13.7 Å². The number of rotatable bonds is 5. The molecule has 0 heterocycles. The zero-order valence-electron chi connectivity index (χ0n) is 8.70. The summed E-state index contributed by atoms with van der Waals surface area (Å²) < 4.78 is 10.1. The van der Waals surface area contributed by atoms with Gasteiger partial charge in [0, 0.05) is 6.61 Å². The third-order valence-electron chi connectivity index (χ3n) is 2.59. The van der Waals surface area contributed by atoms with Crippen LogP contribution in [-0.2, 0) is 14.3 Å². The van der Waals surface area contributed by atoms with Crippen LogP contribution in [0.4, 0.5) is 0 Å². The SMILES string of the molecule is COC(=O)C(N)CCOC1CCCC1. The highest BCUT2D eigenvalue weighted by Crippen LogP contribution is 2.20. The lowest BCUT2D eigenvalue weighted by atomic mass is 10.2. The Morgan fingerprint density at radius 2 is 2.14 bits per heavy atom. The predicted molar refractivity (Wildman–Crippen MR) is 52.8 cm³/mol. The van der Waals surface area contributed by atoms with E-state index in [1.54, 1.807) is 0 Å². The average molecular weight is 201 g/mol. The summed E-state index contributed by atoms with van der Waals surface area (Å²) in [5.74, 6) is -0.361. The van der Waals surface area contributed by atoms with Gasteiger partial charge < -0.3 is 15.2 Å². The molecule has 82 valence electrons. The highest BCUT2D eigenvalue weighted by Gasteiger charge is 2.17. The molecule has 1 fully saturated rings. The molecule has 1 aliphatic carbocycles. The van der Waals surface area contributed by atoms with Crippen molar-refractivity contribution in [1.82, 2.24) is 0 Å². The van der Waals surface area contributed by atoms with Gasteiger partial charge in [0.15, 0.2) is 0 Å². The lowest BCUT2D eigenvalue weighted by molar-refractivity contribution is -0.142. The van der Waals surface area contributed by atoms with Crippen LogP contribution < -0.4 is 5.73 Å². The normalized spacial score (nSPS) is 19.6. The van der Waals surface area contributed by atoms with Gasteiger partial charge in [-0.1, -0.05) is 12.8 Å². The van der Waals surface area contributed by atoms with Crippen LogP contribution in [0.25, 0.3) is 0 Å². The Kier molecular flexibility index (Phi) is 4.90. The molecule has 4 heteroatoms. The van der Waals surface area contributed by atoms with Crippen molar-refractivity contribution in [3.8, 4) is 0 Å². The molecule has 1 atom stereocenters. The third-order valence-corrected chi connectivity index (χ3v) is 2.59. The fourth-order valence-electron chi connectivity index (χ4n) is 1.69. The van der Waals surface area contributed by atoms with Crippen LogP contribution in [0, 0.1) is 0 Å². The first-order valence-corrected chi connectivity index (χ1v) is 5.19. The van der Waals surface area contributed by atoms with E-state index in [1.165, 1.54) is 20.0 Å². The Hall–Kier alpha value is -0.610. The number of hydrogen-bond acceptors (Lipinski definition) is 4. The smallest absolute Gasteiger partial charge is 0.322 e. The Morgan fingerprint density at radius 1 is 1.50 bits per heavy atom. The largest absolute Gasteiger partial charge is 0.468 e. The molecule has 0 amide bonds. The molecule has 4 nitrogen and oxygen atoms in total. The van der Waals surface area contributed by atoms with Gasteiger partial charge >= 0.3 is 5.97 Å². The molecule has 0 bridgehead atoms. The van der Waals surface area contributed by atoms with E-state index in [-0.39, 0.29) is 5.97 Å². The van der Waals surface area contributed by atoms with Crippen LogP contribution in [0.1, 0.15) is 32.1 Å². The first-order chi connectivity index (χ1) is 6.74. The number of carbonyl (C=O) groups is 1. The molecule has 1 rings (SSSR count). The van der Waals surface area contributed by atoms with Gasteiger partial charge in [-0.2, -0.15) is 0 Å². The summed E-state index contributed by atoms with van der Waals surface area (Å²) >= 11 is 0. The fraction of sp³-hybridized carbons (Fsp3) is 0.900. The van der Waals surface area contributed by atoms with Crippen LogP contribution in [0.2, 0.25) is 0 Å². The molecule has 1 saturated carbocycles. The van der Waals surface area contributed by atoms with Gasteiger partial charge in [-0.05, 0) is 19.3 Å². The molecule has 0 aliphatic heterocycles. The van der Waals surface area contributed by atoms with E-state index in [1.807, 2.05) is 0 Å². The summed E-state index contributed by atoms with van der Waals surface area (Å²) in [6, 6.07) is -0.540. The summed E-state index contributed by atoms with van der Waals surface area (Å²) in [4.78, 5) is 10.9. The number of nitrogens with two attached hydrogens (primary N) is 1. The number of esters is 1. The maximum Gasteiger partial charge on any atom is 0.322 e.